The third-order valence-electron chi connectivity index (χ3n) is 2.96. The van der Waals surface area contributed by atoms with Gasteiger partial charge in [0.05, 0.1) is 16.7 Å². The van der Waals surface area contributed by atoms with E-state index < -0.39 is 23.6 Å². The highest BCUT2D eigenvalue weighted by Gasteiger charge is 2.25. The molecule has 0 aliphatic rings. The predicted molar refractivity (Wildman–Crippen MR) is 86.0 cm³/mol. The van der Waals surface area contributed by atoms with Gasteiger partial charge in [0, 0.05) is 17.5 Å². The van der Waals surface area contributed by atoms with Crippen LogP contribution in [-0.4, -0.2) is 16.3 Å². The number of aromatic nitrogens is 1. The highest BCUT2D eigenvalue weighted by molar-refractivity contribution is 8.93. The van der Waals surface area contributed by atoms with Crippen LogP contribution in [0.3, 0.4) is 0 Å². The minimum Gasteiger partial charge on any atom is -0.322 e. The van der Waals surface area contributed by atoms with E-state index in [1.165, 1.54) is 17.5 Å². The predicted octanol–water partition coefficient (Wildman–Crippen LogP) is 4.15. The maximum atomic E-state index is 13.2. The van der Waals surface area contributed by atoms with E-state index in [1.54, 1.807) is 12.1 Å². The molecule has 2 rings (SSSR count). The standard InChI is InChI=1S/C13H12F3N3O2S.BrH/c14-11(12(15)16)10-6-22-13(18-10)9(17)5-7-1-3-8(4-2-7)19(20)21;/h1-4,6,9,11-12H,5,17H2;1H/t9-,11?;/m0./s1. The van der Waals surface area contributed by atoms with Crippen molar-refractivity contribution >= 4 is 34.0 Å². The summed E-state index contributed by atoms with van der Waals surface area (Å²) in [6, 6.07) is 5.23. The largest absolute Gasteiger partial charge is 0.322 e. The summed E-state index contributed by atoms with van der Waals surface area (Å²) in [6.45, 7) is 0. The zero-order valence-electron chi connectivity index (χ0n) is 11.6. The van der Waals surface area contributed by atoms with Crippen LogP contribution in [0.25, 0.3) is 0 Å². The zero-order chi connectivity index (χ0) is 16.3. The Labute approximate surface area is 144 Å². The topological polar surface area (TPSA) is 82.0 Å². The van der Waals surface area contributed by atoms with Crippen molar-refractivity contribution in [3.8, 4) is 0 Å². The Bertz CT molecular complexity index is 654. The summed E-state index contributed by atoms with van der Waals surface area (Å²) in [6.07, 6.45) is -5.23. The van der Waals surface area contributed by atoms with Gasteiger partial charge in [-0.2, -0.15) is 0 Å². The molecule has 0 fully saturated rings. The number of nitro benzene ring substituents is 1. The number of hydrogen-bond acceptors (Lipinski definition) is 5. The summed E-state index contributed by atoms with van der Waals surface area (Å²) in [7, 11) is 0. The second-order valence-corrected chi connectivity index (χ2v) is 5.47. The van der Waals surface area contributed by atoms with Crippen LogP contribution in [-0.2, 0) is 6.42 Å². The molecule has 1 aromatic carbocycles. The number of thiazole rings is 1. The molecule has 0 spiro atoms. The van der Waals surface area contributed by atoms with Gasteiger partial charge in [0.1, 0.15) is 5.01 Å². The first kappa shape index (κ1) is 19.5. The Morgan fingerprint density at radius 2 is 1.87 bits per heavy atom. The van der Waals surface area contributed by atoms with Gasteiger partial charge in [-0.3, -0.25) is 10.1 Å². The number of halogens is 4. The summed E-state index contributed by atoms with van der Waals surface area (Å²) in [5, 5.41) is 12.1. The Balaban J connectivity index is 0.00000264. The number of benzene rings is 1. The van der Waals surface area contributed by atoms with Gasteiger partial charge in [-0.1, -0.05) is 12.1 Å². The minimum absolute atomic E-state index is 0. The van der Waals surface area contributed by atoms with Gasteiger partial charge in [0.25, 0.3) is 12.1 Å². The molecule has 5 nitrogen and oxygen atoms in total. The smallest absolute Gasteiger partial charge is 0.275 e. The first-order valence-electron chi connectivity index (χ1n) is 6.25. The summed E-state index contributed by atoms with van der Waals surface area (Å²) in [4.78, 5) is 13.8. The van der Waals surface area contributed by atoms with Crippen LogP contribution < -0.4 is 5.73 Å². The molecule has 1 heterocycles. The monoisotopic (exact) mass is 411 g/mol. The highest BCUT2D eigenvalue weighted by atomic mass is 79.9. The van der Waals surface area contributed by atoms with Gasteiger partial charge in [0.2, 0.25) is 6.17 Å². The lowest BCUT2D eigenvalue weighted by atomic mass is 10.1. The van der Waals surface area contributed by atoms with Crippen molar-refractivity contribution in [2.24, 2.45) is 5.73 Å². The quantitative estimate of drug-likeness (QED) is 0.571. The lowest BCUT2D eigenvalue weighted by Gasteiger charge is -2.08. The number of nitrogens with two attached hydrogens (primary N) is 1. The van der Waals surface area contributed by atoms with E-state index in [4.69, 9.17) is 5.73 Å². The summed E-state index contributed by atoms with van der Waals surface area (Å²) < 4.78 is 37.7. The minimum atomic E-state index is -3.12. The number of nitro groups is 1. The molecule has 10 heteroatoms. The van der Waals surface area contributed by atoms with Crippen LogP contribution in [0.15, 0.2) is 29.6 Å². The third-order valence-corrected chi connectivity index (χ3v) is 3.96. The molecule has 23 heavy (non-hydrogen) atoms. The molecule has 0 aliphatic heterocycles. The SMILES string of the molecule is Br.N[C@@H](Cc1ccc([N+](=O)[O-])cc1)c1nc(C(F)C(F)F)cs1. The maximum absolute atomic E-state index is 13.2. The van der Waals surface area contributed by atoms with Gasteiger partial charge in [-0.25, -0.2) is 18.2 Å². The van der Waals surface area contributed by atoms with Gasteiger partial charge in [0.15, 0.2) is 0 Å². The van der Waals surface area contributed by atoms with Gasteiger partial charge in [-0.05, 0) is 12.0 Å². The first-order chi connectivity index (χ1) is 10.4. The van der Waals surface area contributed by atoms with E-state index in [2.05, 4.69) is 4.98 Å². The Morgan fingerprint density at radius 1 is 1.26 bits per heavy atom. The van der Waals surface area contributed by atoms with E-state index in [0.717, 1.165) is 16.9 Å². The molecular formula is C13H13BrF3N3O2S. The number of non-ortho nitro benzene ring substituents is 1. The van der Waals surface area contributed by atoms with E-state index in [-0.39, 0.29) is 28.4 Å². The molecule has 0 saturated heterocycles. The molecule has 2 aromatic rings. The fourth-order valence-electron chi connectivity index (χ4n) is 1.82. The molecule has 1 aromatic heterocycles. The average molecular weight is 412 g/mol. The average Bonchev–Trinajstić information content (AvgIpc) is 2.96. The molecule has 0 aliphatic carbocycles. The molecular weight excluding hydrogens is 399 g/mol. The maximum Gasteiger partial charge on any atom is 0.275 e. The molecule has 0 radical (unpaired) electrons. The van der Waals surface area contributed by atoms with E-state index >= 15 is 0 Å². The normalized spacial score (nSPS) is 13.4. The molecule has 2 atom stereocenters. The first-order valence-corrected chi connectivity index (χ1v) is 7.13. The van der Waals surface area contributed by atoms with Crippen molar-refractivity contribution < 1.29 is 18.1 Å². The van der Waals surface area contributed by atoms with Crippen LogP contribution in [0, 0.1) is 10.1 Å². The van der Waals surface area contributed by atoms with Crippen LogP contribution in [0.2, 0.25) is 0 Å². The van der Waals surface area contributed by atoms with Crippen LogP contribution in [0.5, 0.6) is 0 Å². The van der Waals surface area contributed by atoms with Gasteiger partial charge >= 0.3 is 0 Å². The van der Waals surface area contributed by atoms with Crippen molar-refractivity contribution in [2.45, 2.75) is 25.1 Å². The molecule has 0 saturated carbocycles. The van der Waals surface area contributed by atoms with E-state index in [9.17, 15) is 23.3 Å². The number of nitrogens with zero attached hydrogens (tertiary/aromatic N) is 2. The van der Waals surface area contributed by atoms with Crippen molar-refractivity contribution in [3.05, 3.63) is 56.0 Å². The Kier molecular flexibility index (Phi) is 7.10. The Morgan fingerprint density at radius 3 is 2.39 bits per heavy atom. The van der Waals surface area contributed by atoms with Crippen LogP contribution in [0.4, 0.5) is 18.9 Å². The fourth-order valence-corrected chi connectivity index (χ4v) is 2.66. The second kappa shape index (κ2) is 8.37. The van der Waals surface area contributed by atoms with Crippen LogP contribution >= 0.6 is 28.3 Å². The van der Waals surface area contributed by atoms with Gasteiger partial charge in [-0.15, -0.1) is 28.3 Å². The summed E-state index contributed by atoms with van der Waals surface area (Å²) in [5.41, 5.74) is 6.29. The van der Waals surface area contributed by atoms with E-state index in [1.807, 2.05) is 0 Å². The molecule has 0 bridgehead atoms. The number of alkyl halides is 3. The third kappa shape index (κ3) is 4.98. The van der Waals surface area contributed by atoms with Gasteiger partial charge < -0.3 is 5.73 Å². The summed E-state index contributed by atoms with van der Waals surface area (Å²) >= 11 is 1.01. The van der Waals surface area contributed by atoms with Crippen molar-refractivity contribution in [1.29, 1.82) is 0 Å². The lowest BCUT2D eigenvalue weighted by molar-refractivity contribution is -0.384. The fraction of sp³-hybridized carbons (Fsp3) is 0.308. The number of hydrogen-bond donors (Lipinski definition) is 1. The van der Waals surface area contributed by atoms with E-state index in [0.29, 0.717) is 11.4 Å². The molecule has 0 amide bonds. The zero-order valence-corrected chi connectivity index (χ0v) is 14.1. The number of rotatable bonds is 6. The van der Waals surface area contributed by atoms with Crippen molar-refractivity contribution in [2.75, 3.05) is 0 Å². The lowest BCUT2D eigenvalue weighted by Crippen LogP contribution is -2.13. The second-order valence-electron chi connectivity index (χ2n) is 4.58. The Hall–Kier alpha value is -1.52. The highest BCUT2D eigenvalue weighted by Crippen LogP contribution is 2.28. The summed E-state index contributed by atoms with van der Waals surface area (Å²) in [5.74, 6) is 0. The molecule has 1 unspecified atom stereocenters. The molecule has 126 valence electrons. The van der Waals surface area contributed by atoms with Crippen molar-refractivity contribution in [1.82, 2.24) is 4.98 Å². The molecule has 2 N–H and O–H groups in total. The van der Waals surface area contributed by atoms with Crippen LogP contribution in [0.1, 0.15) is 28.5 Å². The van der Waals surface area contributed by atoms with Crippen molar-refractivity contribution in [3.63, 3.8) is 0 Å².